The lowest BCUT2D eigenvalue weighted by Crippen LogP contribution is -2.35. The van der Waals surface area contributed by atoms with Gasteiger partial charge < -0.3 is 10.2 Å². The fraction of sp³-hybridized carbons (Fsp3) is 0.312. The minimum atomic E-state index is 0.0415. The van der Waals surface area contributed by atoms with Crippen LogP contribution in [0.3, 0.4) is 0 Å². The van der Waals surface area contributed by atoms with Crippen LogP contribution in [0.1, 0.15) is 11.1 Å². The van der Waals surface area contributed by atoms with Crippen LogP contribution in [0, 0.1) is 13.8 Å². The number of aryl methyl sites for hydroxylation is 2. The lowest BCUT2D eigenvalue weighted by molar-refractivity contribution is -0.128. The summed E-state index contributed by atoms with van der Waals surface area (Å²) in [5.41, 5.74) is 3.36. The quantitative estimate of drug-likeness (QED) is 0.763. The van der Waals surface area contributed by atoms with Crippen LogP contribution in [0.4, 0.5) is 5.69 Å². The number of amides is 1. The first-order valence-corrected chi connectivity index (χ1v) is 6.39. The normalized spacial score (nSPS) is 9.79. The van der Waals surface area contributed by atoms with Crippen LogP contribution in [-0.4, -0.2) is 30.4 Å². The second-order valence-electron chi connectivity index (χ2n) is 4.55. The molecule has 0 aromatic heterocycles. The second kappa shape index (κ2) is 7.41. The average Bonchev–Trinajstić information content (AvgIpc) is 2.37. The minimum absolute atomic E-state index is 0.0415. The minimum Gasteiger partial charge on any atom is -0.376 e. The molecule has 0 heterocycles. The summed E-state index contributed by atoms with van der Waals surface area (Å²) in [5, 5.41) is 3.18. The molecular weight excluding hydrogens is 236 g/mol. The molecule has 1 rings (SSSR count). The zero-order chi connectivity index (χ0) is 14.3. The molecule has 0 saturated carbocycles. The van der Waals surface area contributed by atoms with Gasteiger partial charge >= 0.3 is 0 Å². The van der Waals surface area contributed by atoms with Crippen LogP contribution >= 0.6 is 0 Å². The molecule has 0 atom stereocenters. The molecule has 3 nitrogen and oxygen atoms in total. The van der Waals surface area contributed by atoms with Gasteiger partial charge in [-0.25, -0.2) is 0 Å². The highest BCUT2D eigenvalue weighted by Gasteiger charge is 2.10. The van der Waals surface area contributed by atoms with E-state index in [1.165, 1.54) is 5.56 Å². The second-order valence-corrected chi connectivity index (χ2v) is 4.55. The number of nitrogens with zero attached hydrogens (tertiary/aromatic N) is 1. The number of carbonyl (C=O) groups excluding carboxylic acids is 1. The molecule has 1 amide bonds. The third-order valence-corrected chi connectivity index (χ3v) is 2.86. The highest BCUT2D eigenvalue weighted by molar-refractivity contribution is 5.81. The fourth-order valence-corrected chi connectivity index (χ4v) is 1.88. The fourth-order valence-electron chi connectivity index (χ4n) is 1.88. The van der Waals surface area contributed by atoms with Gasteiger partial charge in [-0.05, 0) is 25.5 Å². The van der Waals surface area contributed by atoms with E-state index < -0.39 is 0 Å². The van der Waals surface area contributed by atoms with Gasteiger partial charge in [-0.15, -0.1) is 13.2 Å². The third kappa shape index (κ3) is 4.62. The maximum absolute atomic E-state index is 12.0. The van der Waals surface area contributed by atoms with Crippen LogP contribution < -0.4 is 5.32 Å². The van der Waals surface area contributed by atoms with Gasteiger partial charge in [-0.2, -0.15) is 0 Å². The Morgan fingerprint density at radius 1 is 1.26 bits per heavy atom. The molecule has 0 radical (unpaired) electrons. The van der Waals surface area contributed by atoms with E-state index in [4.69, 9.17) is 0 Å². The van der Waals surface area contributed by atoms with Crippen molar-refractivity contribution in [1.29, 1.82) is 0 Å². The molecule has 3 heteroatoms. The van der Waals surface area contributed by atoms with E-state index in [-0.39, 0.29) is 12.5 Å². The zero-order valence-corrected chi connectivity index (χ0v) is 11.8. The van der Waals surface area contributed by atoms with Gasteiger partial charge in [-0.3, -0.25) is 4.79 Å². The summed E-state index contributed by atoms with van der Waals surface area (Å²) in [6.07, 6.45) is 3.44. The Bertz CT molecular complexity index is 456. The number of benzene rings is 1. The number of carbonyl (C=O) groups is 1. The molecule has 1 aromatic rings. The summed E-state index contributed by atoms with van der Waals surface area (Å²) in [6.45, 7) is 12.8. The standard InChI is InChI=1S/C16H22N2O/c1-5-9-18(10-6-2)16(19)12-17-15-8-7-13(3)11-14(15)4/h5-8,11,17H,1-2,9-10,12H2,3-4H3. The third-order valence-electron chi connectivity index (χ3n) is 2.86. The first kappa shape index (κ1) is 15.0. The Morgan fingerprint density at radius 3 is 2.42 bits per heavy atom. The summed E-state index contributed by atoms with van der Waals surface area (Å²) in [6, 6.07) is 6.13. The number of hydrogen-bond donors (Lipinski definition) is 1. The van der Waals surface area contributed by atoms with E-state index in [9.17, 15) is 4.79 Å². The molecule has 0 aliphatic rings. The Kier molecular flexibility index (Phi) is 5.86. The van der Waals surface area contributed by atoms with Crippen molar-refractivity contribution < 1.29 is 4.79 Å². The lowest BCUT2D eigenvalue weighted by atomic mass is 10.1. The summed E-state index contributed by atoms with van der Waals surface area (Å²) in [5.74, 6) is 0.0415. The predicted molar refractivity (Wildman–Crippen MR) is 81.4 cm³/mol. The zero-order valence-electron chi connectivity index (χ0n) is 11.8. The molecule has 19 heavy (non-hydrogen) atoms. The van der Waals surface area contributed by atoms with Crippen molar-refractivity contribution >= 4 is 11.6 Å². The average molecular weight is 258 g/mol. The van der Waals surface area contributed by atoms with Crippen molar-refractivity contribution in [3.8, 4) is 0 Å². The molecular formula is C16H22N2O. The number of nitrogens with one attached hydrogen (secondary N) is 1. The number of rotatable bonds is 7. The molecule has 0 unspecified atom stereocenters. The smallest absolute Gasteiger partial charge is 0.242 e. The summed E-state index contributed by atoms with van der Waals surface area (Å²) < 4.78 is 0. The van der Waals surface area contributed by atoms with Gasteiger partial charge in [0, 0.05) is 18.8 Å². The van der Waals surface area contributed by atoms with Gasteiger partial charge in [0.15, 0.2) is 0 Å². The van der Waals surface area contributed by atoms with Crippen molar-refractivity contribution in [3.63, 3.8) is 0 Å². The van der Waals surface area contributed by atoms with Crippen molar-refractivity contribution in [2.75, 3.05) is 25.0 Å². The molecule has 0 spiro atoms. The number of anilines is 1. The van der Waals surface area contributed by atoms with Crippen molar-refractivity contribution in [3.05, 3.63) is 54.6 Å². The SMILES string of the molecule is C=CCN(CC=C)C(=O)CNc1ccc(C)cc1C. The highest BCUT2D eigenvalue weighted by Crippen LogP contribution is 2.15. The van der Waals surface area contributed by atoms with Crippen LogP contribution in [0.2, 0.25) is 0 Å². The van der Waals surface area contributed by atoms with Crippen molar-refractivity contribution in [2.24, 2.45) is 0 Å². The molecule has 0 aliphatic heterocycles. The van der Waals surface area contributed by atoms with Crippen LogP contribution in [-0.2, 0) is 4.79 Å². The molecule has 1 N–H and O–H groups in total. The van der Waals surface area contributed by atoms with Crippen molar-refractivity contribution in [1.82, 2.24) is 4.90 Å². The molecule has 0 bridgehead atoms. The molecule has 0 saturated heterocycles. The van der Waals surface area contributed by atoms with E-state index >= 15 is 0 Å². The van der Waals surface area contributed by atoms with Crippen LogP contribution in [0.25, 0.3) is 0 Å². The van der Waals surface area contributed by atoms with Gasteiger partial charge in [-0.1, -0.05) is 29.8 Å². The van der Waals surface area contributed by atoms with Gasteiger partial charge in [0.05, 0.1) is 6.54 Å². The molecule has 0 fully saturated rings. The van der Waals surface area contributed by atoms with E-state index in [1.54, 1.807) is 17.1 Å². The van der Waals surface area contributed by atoms with Crippen LogP contribution in [0.15, 0.2) is 43.5 Å². The Labute approximate surface area is 115 Å². The predicted octanol–water partition coefficient (Wildman–Crippen LogP) is 2.92. The Balaban J connectivity index is 2.61. The lowest BCUT2D eigenvalue weighted by Gasteiger charge is -2.20. The summed E-state index contributed by atoms with van der Waals surface area (Å²) in [4.78, 5) is 13.7. The van der Waals surface area contributed by atoms with Crippen molar-refractivity contribution in [2.45, 2.75) is 13.8 Å². The topological polar surface area (TPSA) is 32.3 Å². The summed E-state index contributed by atoms with van der Waals surface area (Å²) >= 11 is 0. The Hall–Kier alpha value is -2.03. The molecule has 102 valence electrons. The van der Waals surface area contributed by atoms with Gasteiger partial charge in [0.1, 0.15) is 0 Å². The molecule has 1 aromatic carbocycles. The highest BCUT2D eigenvalue weighted by atomic mass is 16.2. The first-order chi connectivity index (χ1) is 9.08. The maximum atomic E-state index is 12.0. The van der Waals surface area contributed by atoms with E-state index in [2.05, 4.69) is 31.5 Å². The van der Waals surface area contributed by atoms with Crippen LogP contribution in [0.5, 0.6) is 0 Å². The van der Waals surface area contributed by atoms with E-state index in [0.717, 1.165) is 11.3 Å². The number of hydrogen-bond acceptors (Lipinski definition) is 2. The van der Waals surface area contributed by atoms with Gasteiger partial charge in [0.25, 0.3) is 0 Å². The van der Waals surface area contributed by atoms with E-state index in [1.807, 2.05) is 19.1 Å². The monoisotopic (exact) mass is 258 g/mol. The maximum Gasteiger partial charge on any atom is 0.242 e. The first-order valence-electron chi connectivity index (χ1n) is 6.39. The summed E-state index contributed by atoms with van der Waals surface area (Å²) in [7, 11) is 0. The van der Waals surface area contributed by atoms with E-state index in [0.29, 0.717) is 13.1 Å². The Morgan fingerprint density at radius 2 is 1.89 bits per heavy atom. The van der Waals surface area contributed by atoms with Gasteiger partial charge in [0.2, 0.25) is 5.91 Å². The molecule has 0 aliphatic carbocycles. The largest absolute Gasteiger partial charge is 0.376 e.